The molecule has 3 atom stereocenters. The third-order valence-electron chi connectivity index (χ3n) is 4.82. The minimum atomic E-state index is -3.63. The molecule has 1 aromatic rings. The number of carbonyl (C=O) groups is 1. The molecule has 6 nitrogen and oxygen atoms in total. The third-order valence-corrected chi connectivity index (χ3v) is 6.96. The zero-order valence-corrected chi connectivity index (χ0v) is 18.3. The number of rotatable bonds is 6. The van der Waals surface area contributed by atoms with E-state index in [4.69, 9.17) is 11.6 Å². The fourth-order valence-electron chi connectivity index (χ4n) is 3.73. The smallest absolute Gasteiger partial charge is 0.253 e. The largest absolute Gasteiger partial charge is 0.348 e. The first-order valence-corrected chi connectivity index (χ1v) is 11.1. The van der Waals surface area contributed by atoms with Crippen molar-refractivity contribution in [2.75, 3.05) is 33.7 Å². The Morgan fingerprint density at radius 1 is 1.30 bits per heavy atom. The van der Waals surface area contributed by atoms with Gasteiger partial charge in [-0.15, -0.1) is 0 Å². The molecule has 0 radical (unpaired) electrons. The minimum absolute atomic E-state index is 0.0494. The maximum atomic E-state index is 12.7. The number of amides is 1. The van der Waals surface area contributed by atoms with Crippen molar-refractivity contribution in [1.82, 2.24) is 14.5 Å². The number of likely N-dealkylation sites (tertiary alicyclic amines) is 1. The molecule has 8 heteroatoms. The highest BCUT2D eigenvalue weighted by Crippen LogP contribution is 2.23. The fourth-order valence-corrected chi connectivity index (χ4v) is 4.86. The zero-order chi connectivity index (χ0) is 20.4. The van der Waals surface area contributed by atoms with Crippen LogP contribution in [0.2, 0.25) is 5.02 Å². The fraction of sp³-hybridized carbons (Fsp3) is 0.632. The third kappa shape index (κ3) is 5.67. The van der Waals surface area contributed by atoms with E-state index in [0.717, 1.165) is 23.9 Å². The molecule has 1 aliphatic heterocycles. The molecule has 1 aliphatic rings. The van der Waals surface area contributed by atoms with Crippen molar-refractivity contribution in [2.24, 2.45) is 11.8 Å². The van der Waals surface area contributed by atoms with Gasteiger partial charge in [-0.25, -0.2) is 12.7 Å². The average Bonchev–Trinajstić information content (AvgIpc) is 2.53. The van der Waals surface area contributed by atoms with Crippen LogP contribution in [0.4, 0.5) is 0 Å². The Kier molecular flexibility index (Phi) is 7.30. The number of sulfonamides is 1. The van der Waals surface area contributed by atoms with E-state index in [1.165, 1.54) is 38.7 Å². The average molecular weight is 416 g/mol. The summed E-state index contributed by atoms with van der Waals surface area (Å²) in [6, 6.07) is 4.13. The number of hydrogen-bond acceptors (Lipinski definition) is 4. The molecule has 152 valence electrons. The van der Waals surface area contributed by atoms with Gasteiger partial charge in [0.15, 0.2) is 0 Å². The van der Waals surface area contributed by atoms with Crippen LogP contribution in [0.25, 0.3) is 0 Å². The van der Waals surface area contributed by atoms with Crippen molar-refractivity contribution in [3.05, 3.63) is 28.8 Å². The Hall–Kier alpha value is -1.15. The van der Waals surface area contributed by atoms with Crippen molar-refractivity contribution in [2.45, 2.75) is 38.1 Å². The standard InChI is InChI=1S/C19H30ClN3O3S/c1-13-8-14(2)11-23(10-13)12-15(3)21-19(24)17-9-16(6-7-18(17)20)27(25,26)22(4)5/h6-7,9,13-15H,8,10-12H2,1-5H3,(H,21,24). The Morgan fingerprint density at radius 3 is 2.44 bits per heavy atom. The summed E-state index contributed by atoms with van der Waals surface area (Å²) in [5, 5.41) is 3.18. The SMILES string of the molecule is CC1CC(C)CN(CC(C)NC(=O)c2cc(S(=O)(=O)N(C)C)ccc2Cl)C1. The number of carbonyl (C=O) groups excluding carboxylic acids is 1. The van der Waals surface area contributed by atoms with Gasteiger partial charge in [-0.3, -0.25) is 4.79 Å². The zero-order valence-electron chi connectivity index (χ0n) is 16.7. The predicted octanol–water partition coefficient (Wildman–Crippen LogP) is 2.69. The molecule has 1 heterocycles. The molecule has 0 spiro atoms. The van der Waals surface area contributed by atoms with Crippen LogP contribution in [0, 0.1) is 11.8 Å². The lowest BCUT2D eigenvalue weighted by molar-refractivity contribution is 0.0905. The molecular weight excluding hydrogens is 386 g/mol. The molecule has 0 aliphatic carbocycles. The van der Waals surface area contributed by atoms with E-state index < -0.39 is 10.0 Å². The van der Waals surface area contributed by atoms with Crippen molar-refractivity contribution in [3.8, 4) is 0 Å². The topological polar surface area (TPSA) is 69.7 Å². The van der Waals surface area contributed by atoms with Gasteiger partial charge in [0.1, 0.15) is 0 Å². The molecule has 0 bridgehead atoms. The van der Waals surface area contributed by atoms with Crippen LogP contribution in [-0.2, 0) is 10.0 Å². The van der Waals surface area contributed by atoms with E-state index in [1.54, 1.807) is 0 Å². The lowest BCUT2D eigenvalue weighted by atomic mass is 9.92. The summed E-state index contributed by atoms with van der Waals surface area (Å²) in [7, 11) is -0.725. The first-order valence-electron chi connectivity index (χ1n) is 9.26. The van der Waals surface area contributed by atoms with E-state index in [2.05, 4.69) is 24.1 Å². The van der Waals surface area contributed by atoms with Gasteiger partial charge in [0.2, 0.25) is 10.0 Å². The lowest BCUT2D eigenvalue weighted by Crippen LogP contribution is -2.47. The normalized spacial score (nSPS) is 22.6. The monoisotopic (exact) mass is 415 g/mol. The molecule has 0 aromatic heterocycles. The lowest BCUT2D eigenvalue weighted by Gasteiger charge is -2.36. The van der Waals surface area contributed by atoms with Crippen molar-refractivity contribution in [3.63, 3.8) is 0 Å². The molecule has 0 saturated carbocycles. The van der Waals surface area contributed by atoms with E-state index in [-0.39, 0.29) is 27.4 Å². The van der Waals surface area contributed by atoms with Crippen LogP contribution in [-0.4, -0.2) is 63.3 Å². The summed E-state index contributed by atoms with van der Waals surface area (Å²) < 4.78 is 25.7. The highest BCUT2D eigenvalue weighted by Gasteiger charge is 2.25. The highest BCUT2D eigenvalue weighted by atomic mass is 35.5. The summed E-state index contributed by atoms with van der Waals surface area (Å²) in [5.74, 6) is 0.944. The summed E-state index contributed by atoms with van der Waals surface area (Å²) >= 11 is 6.15. The second-order valence-electron chi connectivity index (χ2n) is 7.97. The quantitative estimate of drug-likeness (QED) is 0.775. The number of piperidine rings is 1. The van der Waals surface area contributed by atoms with Gasteiger partial charge in [0, 0.05) is 39.8 Å². The van der Waals surface area contributed by atoms with E-state index >= 15 is 0 Å². The first kappa shape index (κ1) is 22.1. The van der Waals surface area contributed by atoms with Crippen LogP contribution in [0.5, 0.6) is 0 Å². The van der Waals surface area contributed by atoms with Crippen molar-refractivity contribution >= 4 is 27.5 Å². The van der Waals surface area contributed by atoms with Gasteiger partial charge in [0.05, 0.1) is 15.5 Å². The molecule has 3 unspecified atom stereocenters. The number of nitrogens with zero attached hydrogens (tertiary/aromatic N) is 2. The second kappa shape index (κ2) is 8.90. The van der Waals surface area contributed by atoms with Crippen molar-refractivity contribution in [1.29, 1.82) is 0 Å². The minimum Gasteiger partial charge on any atom is -0.348 e. The van der Waals surface area contributed by atoms with E-state index in [9.17, 15) is 13.2 Å². The van der Waals surface area contributed by atoms with Crippen LogP contribution < -0.4 is 5.32 Å². The maximum Gasteiger partial charge on any atom is 0.253 e. The molecule has 27 heavy (non-hydrogen) atoms. The first-order chi connectivity index (χ1) is 12.5. The summed E-state index contributed by atoms with van der Waals surface area (Å²) in [4.78, 5) is 15.1. The number of nitrogens with one attached hydrogen (secondary N) is 1. The van der Waals surface area contributed by atoms with Gasteiger partial charge < -0.3 is 10.2 Å². The summed E-state index contributed by atoms with van der Waals surface area (Å²) in [6.45, 7) is 9.28. The van der Waals surface area contributed by atoms with Gasteiger partial charge in [0.25, 0.3) is 5.91 Å². The van der Waals surface area contributed by atoms with Crippen LogP contribution in [0.1, 0.15) is 37.6 Å². The highest BCUT2D eigenvalue weighted by molar-refractivity contribution is 7.89. The van der Waals surface area contributed by atoms with Crippen LogP contribution in [0.15, 0.2) is 23.1 Å². The summed E-state index contributed by atoms with van der Waals surface area (Å²) in [5.41, 5.74) is 0.173. The number of benzene rings is 1. The molecule has 1 fully saturated rings. The molecule has 1 aromatic carbocycles. The maximum absolute atomic E-state index is 12.7. The molecule has 2 rings (SSSR count). The van der Waals surface area contributed by atoms with E-state index in [0.29, 0.717) is 11.8 Å². The van der Waals surface area contributed by atoms with E-state index in [1.807, 2.05) is 6.92 Å². The number of halogens is 1. The van der Waals surface area contributed by atoms with Gasteiger partial charge in [-0.1, -0.05) is 25.4 Å². The predicted molar refractivity (Wildman–Crippen MR) is 109 cm³/mol. The molecule has 1 amide bonds. The molecule has 1 saturated heterocycles. The Labute approximate surface area is 167 Å². The van der Waals surface area contributed by atoms with Crippen molar-refractivity contribution < 1.29 is 13.2 Å². The molecular formula is C19H30ClN3O3S. The Morgan fingerprint density at radius 2 is 1.89 bits per heavy atom. The van der Waals surface area contributed by atoms with Crippen LogP contribution >= 0.6 is 11.6 Å². The Balaban J connectivity index is 2.09. The second-order valence-corrected chi connectivity index (χ2v) is 10.5. The number of hydrogen-bond donors (Lipinski definition) is 1. The van der Waals surface area contributed by atoms with Gasteiger partial charge in [-0.2, -0.15) is 0 Å². The molecule has 1 N–H and O–H groups in total. The van der Waals surface area contributed by atoms with Gasteiger partial charge >= 0.3 is 0 Å². The van der Waals surface area contributed by atoms with Crippen LogP contribution in [0.3, 0.4) is 0 Å². The van der Waals surface area contributed by atoms with Gasteiger partial charge in [-0.05, 0) is 43.4 Å². The summed E-state index contributed by atoms with van der Waals surface area (Å²) in [6.07, 6.45) is 1.24. The Bertz CT molecular complexity index is 772.